The number of halogens is 4. The summed E-state index contributed by atoms with van der Waals surface area (Å²) in [6.45, 7) is 0. The van der Waals surface area contributed by atoms with E-state index in [0.29, 0.717) is 5.56 Å². The second-order valence-corrected chi connectivity index (χ2v) is 4.16. The van der Waals surface area contributed by atoms with Gasteiger partial charge in [0.25, 0.3) is 5.91 Å². The van der Waals surface area contributed by atoms with Crippen LogP contribution in [0.2, 0.25) is 0 Å². The quantitative estimate of drug-likeness (QED) is 0.693. The Morgan fingerprint density at radius 2 is 1.71 bits per heavy atom. The zero-order valence-electron chi connectivity index (χ0n) is 10.4. The average molecular weight is 309 g/mol. The molecule has 1 aromatic carbocycles. The van der Waals surface area contributed by atoms with Crippen LogP contribution in [0.25, 0.3) is 0 Å². The van der Waals surface area contributed by atoms with Gasteiger partial charge in [0, 0.05) is 6.42 Å². The van der Waals surface area contributed by atoms with Crippen LogP contribution < -0.4 is 5.32 Å². The van der Waals surface area contributed by atoms with Gasteiger partial charge in [-0.2, -0.15) is 8.78 Å². The van der Waals surface area contributed by atoms with Gasteiger partial charge in [0.15, 0.2) is 0 Å². The highest BCUT2D eigenvalue weighted by Gasteiger charge is 2.49. The van der Waals surface area contributed by atoms with E-state index in [4.69, 9.17) is 10.2 Å². The van der Waals surface area contributed by atoms with Crippen LogP contribution in [0.3, 0.4) is 0 Å². The SMILES string of the molecule is O=C(O)[C@H](Cc1ccc(O)cc1)NC(=O)C(F)(F)C(F)F. The minimum atomic E-state index is -4.97. The Balaban J connectivity index is 2.81. The number of rotatable bonds is 6. The molecule has 1 rings (SSSR count). The van der Waals surface area contributed by atoms with Gasteiger partial charge in [-0.3, -0.25) is 4.79 Å². The van der Waals surface area contributed by atoms with Gasteiger partial charge in [0.2, 0.25) is 0 Å². The van der Waals surface area contributed by atoms with E-state index in [9.17, 15) is 27.2 Å². The fraction of sp³-hybridized carbons (Fsp3) is 0.333. The van der Waals surface area contributed by atoms with Crippen LogP contribution in [0.5, 0.6) is 5.75 Å². The molecule has 1 amide bonds. The smallest absolute Gasteiger partial charge is 0.383 e. The molecule has 0 unspecified atom stereocenters. The van der Waals surface area contributed by atoms with Crippen LogP contribution in [0.4, 0.5) is 17.6 Å². The minimum absolute atomic E-state index is 0.0982. The Morgan fingerprint density at radius 3 is 2.14 bits per heavy atom. The monoisotopic (exact) mass is 309 g/mol. The van der Waals surface area contributed by atoms with Crippen molar-refractivity contribution in [2.45, 2.75) is 24.8 Å². The molecule has 1 atom stereocenters. The first-order chi connectivity index (χ1) is 9.64. The number of hydrogen-bond acceptors (Lipinski definition) is 3. The van der Waals surface area contributed by atoms with E-state index in [1.807, 2.05) is 0 Å². The Morgan fingerprint density at radius 1 is 1.19 bits per heavy atom. The number of hydrogen-bond donors (Lipinski definition) is 3. The zero-order valence-corrected chi connectivity index (χ0v) is 10.4. The van der Waals surface area contributed by atoms with Crippen LogP contribution in [0.15, 0.2) is 24.3 Å². The van der Waals surface area contributed by atoms with E-state index in [0.717, 1.165) is 0 Å². The third-order valence-corrected chi connectivity index (χ3v) is 2.56. The van der Waals surface area contributed by atoms with Gasteiger partial charge in [-0.15, -0.1) is 0 Å². The number of carbonyl (C=O) groups excluding carboxylic acids is 1. The molecule has 0 spiro atoms. The lowest BCUT2D eigenvalue weighted by Crippen LogP contribution is -2.52. The van der Waals surface area contributed by atoms with Crippen molar-refractivity contribution in [3.05, 3.63) is 29.8 Å². The first-order valence-corrected chi connectivity index (χ1v) is 5.62. The number of carboxylic acids is 1. The van der Waals surface area contributed by atoms with Crippen molar-refractivity contribution in [3.63, 3.8) is 0 Å². The van der Waals surface area contributed by atoms with Crippen molar-refractivity contribution in [2.75, 3.05) is 0 Å². The molecular weight excluding hydrogens is 298 g/mol. The maximum absolute atomic E-state index is 12.8. The van der Waals surface area contributed by atoms with Crippen molar-refractivity contribution in [1.29, 1.82) is 0 Å². The van der Waals surface area contributed by atoms with E-state index in [-0.39, 0.29) is 5.75 Å². The van der Waals surface area contributed by atoms with Gasteiger partial charge in [-0.05, 0) is 17.7 Å². The first kappa shape index (κ1) is 16.7. The summed E-state index contributed by atoms with van der Waals surface area (Å²) < 4.78 is 49.5. The molecule has 0 aliphatic carbocycles. The van der Waals surface area contributed by atoms with Gasteiger partial charge >= 0.3 is 18.3 Å². The fourth-order valence-corrected chi connectivity index (χ4v) is 1.42. The first-order valence-electron chi connectivity index (χ1n) is 5.62. The Labute approximate surface area is 116 Å². The summed E-state index contributed by atoms with van der Waals surface area (Å²) in [6, 6.07) is 3.27. The summed E-state index contributed by atoms with van der Waals surface area (Å²) in [5.74, 6) is -9.08. The molecule has 9 heteroatoms. The normalized spacial score (nSPS) is 13.0. The molecule has 0 heterocycles. The lowest BCUT2D eigenvalue weighted by atomic mass is 10.1. The number of carbonyl (C=O) groups is 2. The Bertz CT molecular complexity index is 518. The minimum Gasteiger partial charge on any atom is -0.508 e. The van der Waals surface area contributed by atoms with Crippen molar-refractivity contribution < 1.29 is 37.4 Å². The highest BCUT2D eigenvalue weighted by Crippen LogP contribution is 2.23. The van der Waals surface area contributed by atoms with E-state index in [1.54, 1.807) is 0 Å². The molecule has 0 aromatic heterocycles. The molecule has 5 nitrogen and oxygen atoms in total. The topological polar surface area (TPSA) is 86.6 Å². The number of benzene rings is 1. The molecule has 0 fully saturated rings. The van der Waals surface area contributed by atoms with E-state index >= 15 is 0 Å². The maximum atomic E-state index is 12.8. The highest BCUT2D eigenvalue weighted by atomic mass is 19.3. The largest absolute Gasteiger partial charge is 0.508 e. The van der Waals surface area contributed by atoms with Crippen molar-refractivity contribution in [2.24, 2.45) is 0 Å². The molecule has 0 radical (unpaired) electrons. The highest BCUT2D eigenvalue weighted by molar-refractivity contribution is 5.88. The number of aromatic hydroxyl groups is 1. The molecule has 0 bridgehead atoms. The molecule has 3 N–H and O–H groups in total. The number of phenols is 1. The summed E-state index contributed by atoms with van der Waals surface area (Å²) in [6.07, 6.45) is -4.64. The number of carboxylic acid groups (broad SMARTS) is 1. The standard InChI is InChI=1S/C12H11F4NO4/c13-10(14)12(15,16)11(21)17-8(9(19)20)5-6-1-3-7(18)4-2-6/h1-4,8,10,18H,5H2,(H,17,21)(H,19,20)/t8-/m0/s1. The Kier molecular flexibility index (Phi) is 5.12. The number of phenolic OH excluding ortho intramolecular Hbond substituents is 1. The van der Waals surface area contributed by atoms with Gasteiger partial charge in [-0.25, -0.2) is 13.6 Å². The third kappa shape index (κ3) is 4.33. The summed E-state index contributed by atoms with van der Waals surface area (Å²) in [5.41, 5.74) is 0.306. The number of nitrogens with one attached hydrogen (secondary N) is 1. The zero-order chi connectivity index (χ0) is 16.2. The molecule has 21 heavy (non-hydrogen) atoms. The number of alkyl halides is 4. The molecular formula is C12H11F4NO4. The lowest BCUT2D eigenvalue weighted by Gasteiger charge is -2.19. The van der Waals surface area contributed by atoms with Crippen molar-refractivity contribution in [3.8, 4) is 5.75 Å². The van der Waals surface area contributed by atoms with Crippen LogP contribution in [-0.2, 0) is 16.0 Å². The van der Waals surface area contributed by atoms with Crippen LogP contribution in [0, 0.1) is 0 Å². The molecule has 116 valence electrons. The van der Waals surface area contributed by atoms with Crippen LogP contribution in [0.1, 0.15) is 5.56 Å². The Hall–Kier alpha value is -2.32. The van der Waals surface area contributed by atoms with Gasteiger partial charge < -0.3 is 15.5 Å². The lowest BCUT2D eigenvalue weighted by molar-refractivity contribution is -0.171. The molecule has 0 aliphatic heterocycles. The second-order valence-electron chi connectivity index (χ2n) is 4.16. The second kappa shape index (κ2) is 6.42. The summed E-state index contributed by atoms with van der Waals surface area (Å²) in [5, 5.41) is 19.3. The number of amides is 1. The summed E-state index contributed by atoms with van der Waals surface area (Å²) >= 11 is 0. The van der Waals surface area contributed by atoms with Gasteiger partial charge in [0.1, 0.15) is 11.8 Å². The molecule has 0 saturated carbocycles. The summed E-state index contributed by atoms with van der Waals surface area (Å²) in [4.78, 5) is 21.9. The van der Waals surface area contributed by atoms with Crippen molar-refractivity contribution in [1.82, 2.24) is 5.32 Å². The number of aliphatic carboxylic acids is 1. The van der Waals surface area contributed by atoms with Crippen LogP contribution >= 0.6 is 0 Å². The molecule has 0 saturated heterocycles. The van der Waals surface area contributed by atoms with E-state index in [1.165, 1.54) is 29.6 Å². The van der Waals surface area contributed by atoms with Gasteiger partial charge in [0.05, 0.1) is 0 Å². The van der Waals surface area contributed by atoms with E-state index in [2.05, 4.69) is 0 Å². The van der Waals surface area contributed by atoms with Crippen molar-refractivity contribution >= 4 is 11.9 Å². The third-order valence-electron chi connectivity index (χ3n) is 2.56. The van der Waals surface area contributed by atoms with Gasteiger partial charge in [-0.1, -0.05) is 12.1 Å². The van der Waals surface area contributed by atoms with Crippen LogP contribution in [-0.4, -0.2) is 40.5 Å². The predicted octanol–water partition coefficient (Wildman–Crippen LogP) is 1.40. The predicted molar refractivity (Wildman–Crippen MR) is 62.3 cm³/mol. The summed E-state index contributed by atoms with van der Waals surface area (Å²) in [7, 11) is 0. The average Bonchev–Trinajstić information content (AvgIpc) is 2.39. The van der Waals surface area contributed by atoms with E-state index < -0.39 is 36.7 Å². The fourth-order valence-electron chi connectivity index (χ4n) is 1.42. The molecule has 1 aromatic rings. The molecule has 0 aliphatic rings. The maximum Gasteiger partial charge on any atom is 0.383 e.